The molecule has 124 valence electrons. The molecular weight excluding hydrogens is 294 g/mol. The van der Waals surface area contributed by atoms with E-state index in [2.05, 4.69) is 16.0 Å². The summed E-state index contributed by atoms with van der Waals surface area (Å²) in [5.41, 5.74) is 2.81. The minimum atomic E-state index is -0.224. The molecule has 1 aromatic carbocycles. The molecule has 23 heavy (non-hydrogen) atoms. The number of amides is 3. The van der Waals surface area contributed by atoms with Crippen LogP contribution in [0.1, 0.15) is 49.8 Å². The van der Waals surface area contributed by atoms with Gasteiger partial charge >= 0.3 is 6.03 Å². The van der Waals surface area contributed by atoms with Gasteiger partial charge in [-0.1, -0.05) is 12.1 Å². The predicted octanol–water partition coefficient (Wildman–Crippen LogP) is 1.84. The number of carbonyl (C=O) groups excluding carboxylic acids is 2. The third-order valence-corrected chi connectivity index (χ3v) is 4.63. The lowest BCUT2D eigenvalue weighted by Crippen LogP contribution is -2.44. The highest BCUT2D eigenvalue weighted by Crippen LogP contribution is 2.26. The first-order valence-electron chi connectivity index (χ1n) is 8.19. The summed E-state index contributed by atoms with van der Waals surface area (Å²) in [6.07, 6.45) is 3.29. The molecule has 6 nitrogen and oxygen atoms in total. The fourth-order valence-electron chi connectivity index (χ4n) is 3.25. The van der Waals surface area contributed by atoms with Gasteiger partial charge in [0.25, 0.3) is 0 Å². The standard InChI is InChI=1S/C17H23N3O3/c1-10(11-2-7-15-12(8-11)9-16(22)20-15)18-17(23)19-13-3-5-14(21)6-4-13/h2,7-8,10,13-14,21H,3-6,9H2,1H3,(H,20,22)(H2,18,19,23). The quantitative estimate of drug-likeness (QED) is 0.686. The summed E-state index contributed by atoms with van der Waals surface area (Å²) < 4.78 is 0. The molecule has 1 aromatic rings. The molecule has 3 amide bonds. The van der Waals surface area contributed by atoms with Gasteiger partial charge in [0.1, 0.15) is 0 Å². The summed E-state index contributed by atoms with van der Waals surface area (Å²) in [5.74, 6) is 0.00925. The smallest absolute Gasteiger partial charge is 0.315 e. The van der Waals surface area contributed by atoms with E-state index in [1.807, 2.05) is 25.1 Å². The molecular formula is C17H23N3O3. The van der Waals surface area contributed by atoms with E-state index in [9.17, 15) is 14.7 Å². The summed E-state index contributed by atoms with van der Waals surface area (Å²) in [7, 11) is 0. The highest BCUT2D eigenvalue weighted by atomic mass is 16.3. The highest BCUT2D eigenvalue weighted by Gasteiger charge is 2.22. The average molecular weight is 317 g/mol. The van der Waals surface area contributed by atoms with E-state index in [0.29, 0.717) is 6.42 Å². The first kappa shape index (κ1) is 15.8. The molecule has 1 fully saturated rings. The third-order valence-electron chi connectivity index (χ3n) is 4.63. The molecule has 1 unspecified atom stereocenters. The summed E-state index contributed by atoms with van der Waals surface area (Å²) in [4.78, 5) is 23.5. The van der Waals surface area contributed by atoms with Gasteiger partial charge in [0.15, 0.2) is 0 Å². The second-order valence-electron chi connectivity index (χ2n) is 6.49. The number of rotatable bonds is 3. The molecule has 1 aliphatic carbocycles. The Bertz CT molecular complexity index is 609. The molecule has 6 heteroatoms. The minimum Gasteiger partial charge on any atom is -0.393 e. The van der Waals surface area contributed by atoms with Gasteiger partial charge in [0, 0.05) is 11.7 Å². The van der Waals surface area contributed by atoms with Crippen molar-refractivity contribution in [3.63, 3.8) is 0 Å². The lowest BCUT2D eigenvalue weighted by molar-refractivity contribution is -0.115. The molecule has 2 aliphatic rings. The zero-order valence-corrected chi connectivity index (χ0v) is 13.3. The van der Waals surface area contributed by atoms with Gasteiger partial charge in [-0.05, 0) is 49.8 Å². The Balaban J connectivity index is 1.54. The fourth-order valence-corrected chi connectivity index (χ4v) is 3.25. The summed E-state index contributed by atoms with van der Waals surface area (Å²) in [6, 6.07) is 5.58. The number of aliphatic hydroxyl groups excluding tert-OH is 1. The van der Waals surface area contributed by atoms with Crippen molar-refractivity contribution >= 4 is 17.6 Å². The molecule has 0 spiro atoms. The number of aliphatic hydroxyl groups is 1. The Morgan fingerprint density at radius 2 is 2.04 bits per heavy atom. The van der Waals surface area contributed by atoms with Gasteiger partial charge in [0.2, 0.25) is 5.91 Å². The Labute approximate surface area is 135 Å². The van der Waals surface area contributed by atoms with Crippen molar-refractivity contribution in [3.05, 3.63) is 29.3 Å². The molecule has 0 radical (unpaired) electrons. The first-order chi connectivity index (χ1) is 11.0. The molecule has 0 aromatic heterocycles. The van der Waals surface area contributed by atoms with Gasteiger partial charge in [-0.2, -0.15) is 0 Å². The van der Waals surface area contributed by atoms with Crippen LogP contribution >= 0.6 is 0 Å². The molecule has 1 heterocycles. The van der Waals surface area contributed by atoms with Crippen LogP contribution in [0.5, 0.6) is 0 Å². The summed E-state index contributed by atoms with van der Waals surface area (Å²) >= 11 is 0. The van der Waals surface area contributed by atoms with Crippen LogP contribution < -0.4 is 16.0 Å². The maximum absolute atomic E-state index is 12.1. The molecule has 1 atom stereocenters. The van der Waals surface area contributed by atoms with Gasteiger partial charge in [-0.3, -0.25) is 4.79 Å². The number of nitrogens with one attached hydrogen (secondary N) is 3. The van der Waals surface area contributed by atoms with E-state index in [4.69, 9.17) is 0 Å². The Hall–Kier alpha value is -2.08. The summed E-state index contributed by atoms with van der Waals surface area (Å²) in [5, 5.41) is 18.2. The molecule has 4 N–H and O–H groups in total. The van der Waals surface area contributed by atoms with Crippen molar-refractivity contribution in [3.8, 4) is 0 Å². The highest BCUT2D eigenvalue weighted by molar-refractivity contribution is 5.99. The minimum absolute atomic E-state index is 0.00925. The SMILES string of the molecule is CC(NC(=O)NC1CCC(O)CC1)c1ccc2c(c1)CC(=O)N2. The largest absolute Gasteiger partial charge is 0.393 e. The average Bonchev–Trinajstić information content (AvgIpc) is 2.88. The predicted molar refractivity (Wildman–Crippen MR) is 87.1 cm³/mol. The fraction of sp³-hybridized carbons (Fsp3) is 0.529. The van der Waals surface area contributed by atoms with Crippen LogP contribution in [0.2, 0.25) is 0 Å². The second-order valence-corrected chi connectivity index (χ2v) is 6.49. The van der Waals surface area contributed by atoms with Crippen molar-refractivity contribution < 1.29 is 14.7 Å². The van der Waals surface area contributed by atoms with Crippen LogP contribution in [0.15, 0.2) is 18.2 Å². The Kier molecular flexibility index (Phi) is 4.52. The second kappa shape index (κ2) is 6.58. The zero-order chi connectivity index (χ0) is 16.4. The van der Waals surface area contributed by atoms with E-state index >= 15 is 0 Å². The third kappa shape index (κ3) is 3.82. The van der Waals surface area contributed by atoms with E-state index in [1.54, 1.807) is 0 Å². The number of hydrogen-bond acceptors (Lipinski definition) is 3. The van der Waals surface area contributed by atoms with Gasteiger partial charge < -0.3 is 21.1 Å². The Morgan fingerprint density at radius 1 is 1.30 bits per heavy atom. The van der Waals surface area contributed by atoms with Crippen molar-refractivity contribution in [2.45, 2.75) is 57.2 Å². The molecule has 3 rings (SSSR count). The van der Waals surface area contributed by atoms with E-state index in [-0.39, 0.29) is 30.1 Å². The van der Waals surface area contributed by atoms with Crippen LogP contribution in [0.4, 0.5) is 10.5 Å². The molecule has 1 aliphatic heterocycles. The number of anilines is 1. The van der Waals surface area contributed by atoms with Crippen LogP contribution in [0.3, 0.4) is 0 Å². The van der Waals surface area contributed by atoms with Crippen molar-refractivity contribution in [2.24, 2.45) is 0 Å². The number of hydrogen-bond donors (Lipinski definition) is 4. The van der Waals surface area contributed by atoms with Gasteiger partial charge in [-0.15, -0.1) is 0 Å². The maximum Gasteiger partial charge on any atom is 0.315 e. The lowest BCUT2D eigenvalue weighted by Gasteiger charge is -2.27. The van der Waals surface area contributed by atoms with Crippen molar-refractivity contribution in [1.29, 1.82) is 0 Å². The van der Waals surface area contributed by atoms with Crippen molar-refractivity contribution in [2.75, 3.05) is 5.32 Å². The molecule has 1 saturated carbocycles. The van der Waals surface area contributed by atoms with Gasteiger partial charge in [-0.25, -0.2) is 4.79 Å². The van der Waals surface area contributed by atoms with Crippen LogP contribution in [0, 0.1) is 0 Å². The first-order valence-corrected chi connectivity index (χ1v) is 8.19. The lowest BCUT2D eigenvalue weighted by atomic mass is 9.93. The Morgan fingerprint density at radius 3 is 2.78 bits per heavy atom. The number of urea groups is 1. The monoisotopic (exact) mass is 317 g/mol. The van der Waals surface area contributed by atoms with Crippen LogP contribution in [0.25, 0.3) is 0 Å². The maximum atomic E-state index is 12.1. The molecule has 0 saturated heterocycles. The van der Waals surface area contributed by atoms with Gasteiger partial charge in [0.05, 0.1) is 18.6 Å². The topological polar surface area (TPSA) is 90.5 Å². The molecule has 0 bridgehead atoms. The number of benzene rings is 1. The van der Waals surface area contributed by atoms with E-state index < -0.39 is 0 Å². The zero-order valence-electron chi connectivity index (χ0n) is 13.3. The normalized spacial score (nSPS) is 24.5. The number of fused-ring (bicyclic) bond motifs is 1. The number of carbonyl (C=O) groups is 2. The van der Waals surface area contributed by atoms with E-state index in [0.717, 1.165) is 42.5 Å². The van der Waals surface area contributed by atoms with Crippen LogP contribution in [-0.2, 0) is 11.2 Å². The van der Waals surface area contributed by atoms with E-state index in [1.165, 1.54) is 0 Å². The summed E-state index contributed by atoms with van der Waals surface area (Å²) in [6.45, 7) is 1.93. The van der Waals surface area contributed by atoms with Crippen molar-refractivity contribution in [1.82, 2.24) is 10.6 Å². The van der Waals surface area contributed by atoms with Crippen LogP contribution in [-0.4, -0.2) is 29.2 Å².